The van der Waals surface area contributed by atoms with Gasteiger partial charge in [0.1, 0.15) is 14.0 Å². The Morgan fingerprint density at radius 3 is 2.53 bits per heavy atom. The zero-order valence-electron chi connectivity index (χ0n) is 10.1. The van der Waals surface area contributed by atoms with E-state index in [2.05, 4.69) is 4.72 Å². The van der Waals surface area contributed by atoms with Gasteiger partial charge in [0.05, 0.1) is 18.1 Å². The Labute approximate surface area is 116 Å². The van der Waals surface area contributed by atoms with Crippen molar-refractivity contribution in [3.05, 3.63) is 17.0 Å². The summed E-state index contributed by atoms with van der Waals surface area (Å²) in [6.45, 7) is -0.201. The van der Waals surface area contributed by atoms with E-state index in [9.17, 15) is 16.8 Å². The lowest BCUT2D eigenvalue weighted by atomic mass is 10.2. The van der Waals surface area contributed by atoms with Crippen LogP contribution in [0.5, 0.6) is 0 Å². The van der Waals surface area contributed by atoms with Gasteiger partial charge >= 0.3 is 0 Å². The minimum absolute atomic E-state index is 0.0204. The first-order valence-corrected chi connectivity index (χ1v) is 9.92. The molecule has 2 rings (SSSR count). The molecule has 108 valence electrons. The van der Waals surface area contributed by atoms with Crippen molar-refractivity contribution in [2.24, 2.45) is 0 Å². The minimum Gasteiger partial charge on any atom is -0.392 e. The molecule has 19 heavy (non-hydrogen) atoms. The predicted octanol–water partition coefficient (Wildman–Crippen LogP) is 0.0959. The molecule has 1 aromatic rings. The second-order valence-corrected chi connectivity index (χ2v) is 9.64. The molecule has 1 aromatic heterocycles. The highest BCUT2D eigenvalue weighted by Gasteiger charge is 2.28. The van der Waals surface area contributed by atoms with Crippen LogP contribution in [0.2, 0.25) is 0 Å². The number of hydrogen-bond donors (Lipinski definition) is 2. The molecular weight excluding hydrogens is 310 g/mol. The van der Waals surface area contributed by atoms with Crippen molar-refractivity contribution in [3.63, 3.8) is 0 Å². The fourth-order valence-corrected chi connectivity index (χ4v) is 5.88. The van der Waals surface area contributed by atoms with Crippen LogP contribution in [0.25, 0.3) is 0 Å². The van der Waals surface area contributed by atoms with Gasteiger partial charge in [-0.15, -0.1) is 11.3 Å². The van der Waals surface area contributed by atoms with E-state index in [-0.39, 0.29) is 28.4 Å². The number of aliphatic hydroxyl groups excluding tert-OH is 1. The van der Waals surface area contributed by atoms with Crippen LogP contribution < -0.4 is 4.72 Å². The molecule has 1 fully saturated rings. The Kier molecular flexibility index (Phi) is 4.31. The molecule has 0 bridgehead atoms. The number of rotatable bonds is 4. The second kappa shape index (κ2) is 5.49. The van der Waals surface area contributed by atoms with E-state index < -0.39 is 19.9 Å². The predicted molar refractivity (Wildman–Crippen MR) is 72.2 cm³/mol. The first-order chi connectivity index (χ1) is 8.82. The lowest BCUT2D eigenvalue weighted by Crippen LogP contribution is -2.40. The molecule has 1 aliphatic heterocycles. The maximum atomic E-state index is 12.1. The smallest absolute Gasteiger partial charge is 0.250 e. The summed E-state index contributed by atoms with van der Waals surface area (Å²) in [5, 5.41) is 10.5. The number of nitrogens with one attached hydrogen (secondary N) is 1. The summed E-state index contributed by atoms with van der Waals surface area (Å²) in [5.74, 6) is 0.0407. The maximum absolute atomic E-state index is 12.1. The molecule has 1 aliphatic rings. The third kappa shape index (κ3) is 3.76. The molecule has 0 spiro atoms. The Morgan fingerprint density at radius 2 is 2.00 bits per heavy atom. The van der Waals surface area contributed by atoms with Gasteiger partial charge in [-0.25, -0.2) is 21.6 Å². The van der Waals surface area contributed by atoms with Crippen LogP contribution in [0.1, 0.15) is 18.4 Å². The highest BCUT2D eigenvalue weighted by molar-refractivity contribution is 7.92. The molecule has 0 saturated carbocycles. The van der Waals surface area contributed by atoms with Gasteiger partial charge < -0.3 is 5.11 Å². The number of aliphatic hydroxyl groups is 1. The highest BCUT2D eigenvalue weighted by Crippen LogP contribution is 2.22. The summed E-state index contributed by atoms with van der Waals surface area (Å²) >= 11 is 1.04. The largest absolute Gasteiger partial charge is 0.392 e. The number of sulfone groups is 1. The molecular formula is C10H15NO5S3. The van der Waals surface area contributed by atoms with Crippen LogP contribution in [0, 0.1) is 0 Å². The third-order valence-corrected chi connectivity index (χ3v) is 7.68. The van der Waals surface area contributed by atoms with Crippen LogP contribution in [0.4, 0.5) is 0 Å². The SMILES string of the molecule is O=S1(=O)CCC(NS(=O)(=O)c2cc(CO)cs2)CC1. The lowest BCUT2D eigenvalue weighted by Gasteiger charge is -2.22. The van der Waals surface area contributed by atoms with Crippen molar-refractivity contribution in [3.8, 4) is 0 Å². The quantitative estimate of drug-likeness (QED) is 0.817. The highest BCUT2D eigenvalue weighted by atomic mass is 32.2. The molecule has 0 amide bonds. The summed E-state index contributed by atoms with van der Waals surface area (Å²) in [7, 11) is -6.62. The van der Waals surface area contributed by atoms with Crippen molar-refractivity contribution in [2.75, 3.05) is 11.5 Å². The first-order valence-electron chi connectivity index (χ1n) is 5.73. The molecule has 0 unspecified atom stereocenters. The molecule has 1 saturated heterocycles. The second-order valence-electron chi connectivity index (χ2n) is 4.48. The summed E-state index contributed by atoms with van der Waals surface area (Å²) in [6.07, 6.45) is 0.611. The summed E-state index contributed by atoms with van der Waals surface area (Å²) in [5.41, 5.74) is 0.552. The summed E-state index contributed by atoms with van der Waals surface area (Å²) < 4.78 is 49.3. The van der Waals surface area contributed by atoms with Gasteiger partial charge in [-0.3, -0.25) is 0 Å². The molecule has 0 atom stereocenters. The van der Waals surface area contributed by atoms with Gasteiger partial charge in [-0.05, 0) is 29.9 Å². The van der Waals surface area contributed by atoms with Gasteiger partial charge in [0.25, 0.3) is 0 Å². The summed E-state index contributed by atoms with van der Waals surface area (Å²) in [4.78, 5) is 0. The van der Waals surface area contributed by atoms with Gasteiger partial charge in [0.2, 0.25) is 10.0 Å². The first kappa shape index (κ1) is 14.9. The van der Waals surface area contributed by atoms with Crippen molar-refractivity contribution in [2.45, 2.75) is 29.7 Å². The molecule has 2 N–H and O–H groups in total. The molecule has 0 radical (unpaired) electrons. The topological polar surface area (TPSA) is 101 Å². The van der Waals surface area contributed by atoms with Crippen LogP contribution >= 0.6 is 11.3 Å². The van der Waals surface area contributed by atoms with Gasteiger partial charge in [-0.1, -0.05) is 0 Å². The minimum atomic E-state index is -3.62. The van der Waals surface area contributed by atoms with Crippen molar-refractivity contribution >= 4 is 31.2 Å². The number of hydrogen-bond acceptors (Lipinski definition) is 6. The van der Waals surface area contributed by atoms with Gasteiger partial charge in [0.15, 0.2) is 0 Å². The van der Waals surface area contributed by atoms with Gasteiger partial charge in [0, 0.05) is 6.04 Å². The van der Waals surface area contributed by atoms with E-state index >= 15 is 0 Å². The fraction of sp³-hybridized carbons (Fsp3) is 0.600. The number of thiophene rings is 1. The number of sulfonamides is 1. The van der Waals surface area contributed by atoms with Crippen molar-refractivity contribution < 1.29 is 21.9 Å². The van der Waals surface area contributed by atoms with Gasteiger partial charge in [-0.2, -0.15) is 0 Å². The molecule has 2 heterocycles. The van der Waals surface area contributed by atoms with Crippen molar-refractivity contribution in [1.29, 1.82) is 0 Å². The monoisotopic (exact) mass is 325 g/mol. The Morgan fingerprint density at radius 1 is 1.37 bits per heavy atom. The standard InChI is InChI=1S/C10H15NO5S3/c12-6-8-5-10(17-7-8)19(15,16)11-9-1-3-18(13,14)4-2-9/h5,7,9,11-12H,1-4,6H2. The van der Waals surface area contributed by atoms with E-state index in [0.29, 0.717) is 18.4 Å². The molecule has 0 aliphatic carbocycles. The zero-order valence-corrected chi connectivity index (χ0v) is 12.5. The van der Waals surface area contributed by atoms with Crippen molar-refractivity contribution in [1.82, 2.24) is 4.72 Å². The molecule has 9 heteroatoms. The molecule has 0 aromatic carbocycles. The Hall–Kier alpha value is -0.480. The van der Waals surface area contributed by atoms with Crippen LogP contribution in [-0.2, 0) is 26.5 Å². The van der Waals surface area contributed by atoms with Crippen LogP contribution in [0.3, 0.4) is 0 Å². The average Bonchev–Trinajstić information content (AvgIpc) is 2.81. The normalized spacial score (nSPS) is 20.5. The van der Waals surface area contributed by atoms with Crippen LogP contribution in [-0.4, -0.2) is 39.5 Å². The zero-order chi connectivity index (χ0) is 14.1. The average molecular weight is 325 g/mol. The fourth-order valence-electron chi connectivity index (χ4n) is 1.86. The van der Waals surface area contributed by atoms with E-state index in [4.69, 9.17) is 5.11 Å². The van der Waals surface area contributed by atoms with Crippen LogP contribution in [0.15, 0.2) is 15.7 Å². The van der Waals surface area contributed by atoms with E-state index in [1.54, 1.807) is 5.38 Å². The maximum Gasteiger partial charge on any atom is 0.250 e. The third-order valence-electron chi connectivity index (χ3n) is 2.95. The Balaban J connectivity index is 2.06. The lowest BCUT2D eigenvalue weighted by molar-refractivity contribution is 0.282. The summed E-state index contributed by atoms with van der Waals surface area (Å²) in [6, 6.07) is 1.08. The molecule has 6 nitrogen and oxygen atoms in total. The van der Waals surface area contributed by atoms with E-state index in [0.717, 1.165) is 11.3 Å². The van der Waals surface area contributed by atoms with E-state index in [1.807, 2.05) is 0 Å². The Bertz CT molecular complexity index is 632. The van der Waals surface area contributed by atoms with E-state index in [1.165, 1.54) is 6.07 Å².